The Bertz CT molecular complexity index is 225. The first-order valence-corrected chi connectivity index (χ1v) is 5.36. The van der Waals surface area contributed by atoms with Crippen LogP contribution in [0.5, 0.6) is 0 Å². The van der Waals surface area contributed by atoms with Crippen LogP contribution in [0, 0.1) is 5.92 Å². The standard InChI is InChI=1S/C11H20N2O/c1-3-5-11(14)13-7-6-9(4-2)10(12)8-13/h3,5,9-10H,4,6-8,12H2,1-2H3/b5-3+. The summed E-state index contributed by atoms with van der Waals surface area (Å²) in [6.45, 7) is 5.58. The second-order valence-corrected chi connectivity index (χ2v) is 3.91. The molecule has 1 fully saturated rings. The number of allylic oxidation sites excluding steroid dienone is 1. The van der Waals surface area contributed by atoms with E-state index in [0.29, 0.717) is 12.5 Å². The van der Waals surface area contributed by atoms with E-state index in [-0.39, 0.29) is 11.9 Å². The van der Waals surface area contributed by atoms with E-state index in [1.807, 2.05) is 11.8 Å². The molecule has 1 heterocycles. The molecular weight excluding hydrogens is 176 g/mol. The van der Waals surface area contributed by atoms with Crippen molar-refractivity contribution in [3.8, 4) is 0 Å². The van der Waals surface area contributed by atoms with E-state index in [2.05, 4.69) is 6.92 Å². The van der Waals surface area contributed by atoms with Gasteiger partial charge in [0.05, 0.1) is 0 Å². The summed E-state index contributed by atoms with van der Waals surface area (Å²) in [6, 6.07) is 0.156. The molecule has 2 N–H and O–H groups in total. The lowest BCUT2D eigenvalue weighted by Crippen LogP contribution is -2.49. The highest BCUT2D eigenvalue weighted by molar-refractivity contribution is 5.87. The van der Waals surface area contributed by atoms with Crippen LogP contribution in [0.3, 0.4) is 0 Å². The second-order valence-electron chi connectivity index (χ2n) is 3.91. The first-order chi connectivity index (χ1) is 6.69. The lowest BCUT2D eigenvalue weighted by atomic mass is 9.90. The summed E-state index contributed by atoms with van der Waals surface area (Å²) in [6.07, 6.45) is 5.55. The SMILES string of the molecule is C/C=C/C(=O)N1CCC(CC)C(N)C1. The van der Waals surface area contributed by atoms with Crippen LogP contribution in [0.25, 0.3) is 0 Å². The average molecular weight is 196 g/mol. The number of carbonyl (C=O) groups is 1. The predicted molar refractivity (Wildman–Crippen MR) is 57.8 cm³/mol. The van der Waals surface area contributed by atoms with Crippen LogP contribution >= 0.6 is 0 Å². The molecule has 0 aliphatic carbocycles. The van der Waals surface area contributed by atoms with Crippen molar-refractivity contribution in [2.24, 2.45) is 11.7 Å². The van der Waals surface area contributed by atoms with Gasteiger partial charge in [-0.25, -0.2) is 0 Å². The zero-order chi connectivity index (χ0) is 10.6. The van der Waals surface area contributed by atoms with E-state index in [0.717, 1.165) is 19.4 Å². The van der Waals surface area contributed by atoms with E-state index in [1.54, 1.807) is 12.2 Å². The molecule has 3 nitrogen and oxygen atoms in total. The van der Waals surface area contributed by atoms with Crippen LogP contribution in [0.4, 0.5) is 0 Å². The van der Waals surface area contributed by atoms with Gasteiger partial charge in [-0.1, -0.05) is 19.4 Å². The number of hydrogen-bond donors (Lipinski definition) is 1. The van der Waals surface area contributed by atoms with Gasteiger partial charge in [0.15, 0.2) is 0 Å². The van der Waals surface area contributed by atoms with E-state index >= 15 is 0 Å². The Kier molecular flexibility index (Phi) is 4.14. The van der Waals surface area contributed by atoms with E-state index in [1.165, 1.54) is 0 Å². The molecule has 2 atom stereocenters. The molecule has 0 radical (unpaired) electrons. The minimum absolute atomic E-state index is 0.0949. The minimum Gasteiger partial charge on any atom is -0.338 e. The highest BCUT2D eigenvalue weighted by Gasteiger charge is 2.26. The summed E-state index contributed by atoms with van der Waals surface area (Å²) in [5.41, 5.74) is 6.00. The zero-order valence-corrected chi connectivity index (χ0v) is 9.07. The Labute approximate surface area is 86.0 Å². The quantitative estimate of drug-likeness (QED) is 0.673. The highest BCUT2D eigenvalue weighted by Crippen LogP contribution is 2.19. The first kappa shape index (κ1) is 11.2. The van der Waals surface area contributed by atoms with Gasteiger partial charge in [-0.05, 0) is 25.3 Å². The summed E-state index contributed by atoms with van der Waals surface area (Å²) in [7, 11) is 0. The van der Waals surface area contributed by atoms with Crippen LogP contribution < -0.4 is 5.73 Å². The summed E-state index contributed by atoms with van der Waals surface area (Å²) >= 11 is 0. The Morgan fingerprint density at radius 2 is 2.36 bits per heavy atom. The number of piperidine rings is 1. The zero-order valence-electron chi connectivity index (χ0n) is 9.07. The molecule has 80 valence electrons. The van der Waals surface area contributed by atoms with Gasteiger partial charge in [-0.2, -0.15) is 0 Å². The van der Waals surface area contributed by atoms with Crippen LogP contribution in [0.2, 0.25) is 0 Å². The van der Waals surface area contributed by atoms with Gasteiger partial charge < -0.3 is 10.6 Å². The van der Waals surface area contributed by atoms with Crippen molar-refractivity contribution >= 4 is 5.91 Å². The maximum absolute atomic E-state index is 11.5. The molecule has 1 amide bonds. The molecule has 1 aliphatic rings. The Hall–Kier alpha value is -0.830. The molecule has 1 rings (SSSR count). The average Bonchev–Trinajstić information content (AvgIpc) is 2.18. The third-order valence-electron chi connectivity index (χ3n) is 2.95. The first-order valence-electron chi connectivity index (χ1n) is 5.36. The van der Waals surface area contributed by atoms with E-state index in [4.69, 9.17) is 5.73 Å². The van der Waals surface area contributed by atoms with Gasteiger partial charge >= 0.3 is 0 Å². The van der Waals surface area contributed by atoms with Crippen LogP contribution in [-0.4, -0.2) is 29.9 Å². The minimum atomic E-state index is 0.0949. The van der Waals surface area contributed by atoms with E-state index in [9.17, 15) is 4.79 Å². The largest absolute Gasteiger partial charge is 0.338 e. The van der Waals surface area contributed by atoms with Gasteiger partial charge in [0.1, 0.15) is 0 Å². The molecule has 0 spiro atoms. The summed E-state index contributed by atoms with van der Waals surface area (Å²) in [4.78, 5) is 13.4. The summed E-state index contributed by atoms with van der Waals surface area (Å²) in [5, 5.41) is 0. The fraction of sp³-hybridized carbons (Fsp3) is 0.727. The number of likely N-dealkylation sites (tertiary alicyclic amines) is 1. The van der Waals surface area contributed by atoms with Crippen molar-refractivity contribution in [2.75, 3.05) is 13.1 Å². The van der Waals surface area contributed by atoms with Gasteiger partial charge in [-0.15, -0.1) is 0 Å². The number of rotatable bonds is 2. The summed E-state index contributed by atoms with van der Waals surface area (Å²) < 4.78 is 0. The van der Waals surface area contributed by atoms with Crippen LogP contribution in [-0.2, 0) is 4.79 Å². The molecule has 0 bridgehead atoms. The van der Waals surface area contributed by atoms with Crippen LogP contribution in [0.1, 0.15) is 26.7 Å². The number of nitrogens with two attached hydrogens (primary N) is 1. The third-order valence-corrected chi connectivity index (χ3v) is 2.95. The smallest absolute Gasteiger partial charge is 0.246 e. The molecule has 14 heavy (non-hydrogen) atoms. The van der Waals surface area contributed by atoms with Crippen molar-refractivity contribution in [3.05, 3.63) is 12.2 Å². The molecule has 0 saturated carbocycles. The molecule has 2 unspecified atom stereocenters. The molecule has 0 aromatic carbocycles. The lowest BCUT2D eigenvalue weighted by Gasteiger charge is -2.35. The summed E-state index contributed by atoms with van der Waals surface area (Å²) in [5.74, 6) is 0.683. The Morgan fingerprint density at radius 3 is 2.86 bits per heavy atom. The van der Waals surface area contributed by atoms with Crippen molar-refractivity contribution in [1.29, 1.82) is 0 Å². The Balaban J connectivity index is 2.50. The second kappa shape index (κ2) is 5.15. The van der Waals surface area contributed by atoms with Gasteiger partial charge in [-0.3, -0.25) is 4.79 Å². The predicted octanol–water partition coefficient (Wildman–Crippen LogP) is 1.15. The van der Waals surface area contributed by atoms with Crippen molar-refractivity contribution in [3.63, 3.8) is 0 Å². The van der Waals surface area contributed by atoms with Gasteiger partial charge in [0.2, 0.25) is 5.91 Å². The highest BCUT2D eigenvalue weighted by atomic mass is 16.2. The van der Waals surface area contributed by atoms with Gasteiger partial charge in [0.25, 0.3) is 0 Å². The van der Waals surface area contributed by atoms with Crippen molar-refractivity contribution in [2.45, 2.75) is 32.7 Å². The number of nitrogens with zero attached hydrogens (tertiary/aromatic N) is 1. The Morgan fingerprint density at radius 1 is 1.64 bits per heavy atom. The maximum atomic E-state index is 11.5. The molecule has 0 aromatic rings. The molecule has 0 aromatic heterocycles. The van der Waals surface area contributed by atoms with Crippen LogP contribution in [0.15, 0.2) is 12.2 Å². The molecule has 1 aliphatic heterocycles. The normalized spacial score (nSPS) is 28.4. The monoisotopic (exact) mass is 196 g/mol. The van der Waals surface area contributed by atoms with Crippen molar-refractivity contribution in [1.82, 2.24) is 4.90 Å². The van der Waals surface area contributed by atoms with Gasteiger partial charge in [0, 0.05) is 19.1 Å². The van der Waals surface area contributed by atoms with Crippen molar-refractivity contribution < 1.29 is 4.79 Å². The number of amides is 1. The third kappa shape index (κ3) is 2.58. The number of hydrogen-bond acceptors (Lipinski definition) is 2. The fourth-order valence-electron chi connectivity index (χ4n) is 1.99. The fourth-order valence-corrected chi connectivity index (χ4v) is 1.99. The van der Waals surface area contributed by atoms with E-state index < -0.39 is 0 Å². The topological polar surface area (TPSA) is 46.3 Å². The molecular formula is C11H20N2O. The molecule has 3 heteroatoms. The number of carbonyl (C=O) groups excluding carboxylic acids is 1. The lowest BCUT2D eigenvalue weighted by molar-refractivity contribution is -0.127. The molecule has 1 saturated heterocycles. The maximum Gasteiger partial charge on any atom is 0.246 e.